The number of ether oxygens (including phenoxy) is 3. The Bertz CT molecular complexity index is 1270. The van der Waals surface area contributed by atoms with E-state index in [-0.39, 0.29) is 42.4 Å². The molecule has 3 aromatic carbocycles. The average Bonchev–Trinajstić information content (AvgIpc) is 2.87. The van der Waals surface area contributed by atoms with Crippen molar-refractivity contribution in [1.82, 2.24) is 5.32 Å². The van der Waals surface area contributed by atoms with Crippen LogP contribution >= 0.6 is 0 Å². The Balaban J connectivity index is 1.60. The smallest absolute Gasteiger partial charge is 0.457 e. The molecule has 0 aromatic heterocycles. The number of amides is 1. The lowest BCUT2D eigenvalue weighted by atomic mass is 10.2. The lowest BCUT2D eigenvalue weighted by Crippen LogP contribution is -2.40. The molecule has 3 aromatic rings. The van der Waals surface area contributed by atoms with Crippen LogP contribution in [-0.4, -0.2) is 44.4 Å². The van der Waals surface area contributed by atoms with Gasteiger partial charge in [0, 0.05) is 12.6 Å². The minimum Gasteiger partial charge on any atom is -0.457 e. The van der Waals surface area contributed by atoms with Gasteiger partial charge in [0.05, 0.1) is 10.6 Å². The van der Waals surface area contributed by atoms with Crippen molar-refractivity contribution in [2.75, 3.05) is 12.4 Å². The first kappa shape index (κ1) is 28.8. The summed E-state index contributed by atoms with van der Waals surface area (Å²) >= 11 is 0. The fraction of sp³-hybridized carbons (Fsp3) is 0.269. The SMILES string of the molecule is O=C(N[C@@H](CCCO)CS(=O)(=O)c1ccc(Oc2ccc(OC(F)(F)F)cc2)cc1)OCc1ccccc1. The van der Waals surface area contributed by atoms with E-state index in [1.165, 1.54) is 36.4 Å². The molecule has 0 saturated heterocycles. The van der Waals surface area contributed by atoms with E-state index < -0.39 is 39.8 Å². The molecule has 3 rings (SSSR count). The van der Waals surface area contributed by atoms with Gasteiger partial charge in [0.2, 0.25) is 0 Å². The van der Waals surface area contributed by atoms with Crippen LogP contribution in [0, 0.1) is 0 Å². The molecule has 1 amide bonds. The summed E-state index contributed by atoms with van der Waals surface area (Å²) in [5.74, 6) is -0.348. The second-order valence-electron chi connectivity index (χ2n) is 8.14. The maximum Gasteiger partial charge on any atom is 0.573 e. The summed E-state index contributed by atoms with van der Waals surface area (Å²) in [4.78, 5) is 12.2. The van der Waals surface area contributed by atoms with Crippen LogP contribution in [0.15, 0.2) is 83.8 Å². The number of sulfone groups is 1. The van der Waals surface area contributed by atoms with E-state index in [1.807, 2.05) is 6.07 Å². The lowest BCUT2D eigenvalue weighted by Gasteiger charge is -2.18. The quantitative estimate of drug-likeness (QED) is 0.316. The van der Waals surface area contributed by atoms with Crippen LogP contribution in [0.4, 0.5) is 18.0 Å². The summed E-state index contributed by atoms with van der Waals surface area (Å²) in [5, 5.41) is 11.7. The Labute approximate surface area is 217 Å². The number of hydrogen-bond donors (Lipinski definition) is 2. The molecule has 12 heteroatoms. The van der Waals surface area contributed by atoms with Crippen LogP contribution in [0.25, 0.3) is 0 Å². The summed E-state index contributed by atoms with van der Waals surface area (Å²) in [6, 6.07) is 18.4. The van der Waals surface area contributed by atoms with Gasteiger partial charge < -0.3 is 24.6 Å². The third-order valence-corrected chi connectivity index (χ3v) is 6.97. The normalized spacial score (nSPS) is 12.4. The summed E-state index contributed by atoms with van der Waals surface area (Å²) in [6.07, 6.45) is -5.09. The van der Waals surface area contributed by atoms with Gasteiger partial charge in [0.15, 0.2) is 9.84 Å². The van der Waals surface area contributed by atoms with Crippen LogP contribution in [-0.2, 0) is 21.2 Å². The minimum atomic E-state index is -4.81. The van der Waals surface area contributed by atoms with E-state index in [4.69, 9.17) is 14.6 Å². The average molecular weight is 554 g/mol. The Hall–Kier alpha value is -3.77. The second-order valence-corrected chi connectivity index (χ2v) is 10.2. The second kappa shape index (κ2) is 13.2. The molecule has 0 aliphatic heterocycles. The first-order chi connectivity index (χ1) is 18.0. The highest BCUT2D eigenvalue weighted by atomic mass is 32.2. The molecule has 0 unspecified atom stereocenters. The van der Waals surface area contributed by atoms with Gasteiger partial charge in [0.25, 0.3) is 0 Å². The summed E-state index contributed by atoms with van der Waals surface area (Å²) < 4.78 is 77.4. The van der Waals surface area contributed by atoms with Crippen molar-refractivity contribution in [2.45, 2.75) is 36.7 Å². The van der Waals surface area contributed by atoms with Crippen molar-refractivity contribution in [3.05, 3.63) is 84.4 Å². The summed E-state index contributed by atoms with van der Waals surface area (Å²) in [6.45, 7) is -0.154. The Morgan fingerprint density at radius 3 is 2.05 bits per heavy atom. The maximum absolute atomic E-state index is 13.0. The van der Waals surface area contributed by atoms with Crippen LogP contribution in [0.1, 0.15) is 18.4 Å². The number of hydrogen-bond acceptors (Lipinski definition) is 7. The van der Waals surface area contributed by atoms with Gasteiger partial charge in [-0.2, -0.15) is 0 Å². The molecule has 0 aliphatic rings. The van der Waals surface area contributed by atoms with Gasteiger partial charge in [-0.25, -0.2) is 13.2 Å². The molecule has 0 saturated carbocycles. The van der Waals surface area contributed by atoms with E-state index in [2.05, 4.69) is 10.1 Å². The van der Waals surface area contributed by atoms with E-state index in [9.17, 15) is 26.4 Å². The van der Waals surface area contributed by atoms with Crippen LogP contribution in [0.2, 0.25) is 0 Å². The number of carbonyl (C=O) groups excluding carboxylic acids is 1. The Kier molecular flexibility index (Phi) is 9.97. The monoisotopic (exact) mass is 553 g/mol. The molecular weight excluding hydrogens is 527 g/mol. The molecule has 8 nitrogen and oxygen atoms in total. The number of rotatable bonds is 12. The maximum atomic E-state index is 13.0. The fourth-order valence-corrected chi connectivity index (χ4v) is 4.91. The molecule has 0 aliphatic carbocycles. The van der Waals surface area contributed by atoms with E-state index in [0.717, 1.165) is 17.7 Å². The third-order valence-electron chi connectivity index (χ3n) is 5.14. The molecule has 0 heterocycles. The number of nitrogens with one attached hydrogen (secondary N) is 1. The first-order valence-corrected chi connectivity index (χ1v) is 13.1. The number of alkyl carbamates (subject to hydrolysis) is 1. The number of carbonyl (C=O) groups is 1. The summed E-state index contributed by atoms with van der Waals surface area (Å²) in [5.41, 5.74) is 0.773. The third kappa shape index (κ3) is 9.60. The van der Waals surface area contributed by atoms with Gasteiger partial charge in [-0.05, 0) is 66.9 Å². The zero-order valence-corrected chi connectivity index (χ0v) is 20.9. The number of aliphatic hydroxyl groups is 1. The van der Waals surface area contributed by atoms with Crippen LogP contribution < -0.4 is 14.8 Å². The molecule has 204 valence electrons. The Morgan fingerprint density at radius 1 is 0.895 bits per heavy atom. The van der Waals surface area contributed by atoms with Gasteiger partial charge >= 0.3 is 12.5 Å². The molecule has 0 fully saturated rings. The van der Waals surface area contributed by atoms with Crippen molar-refractivity contribution in [3.63, 3.8) is 0 Å². The van der Waals surface area contributed by atoms with Crippen molar-refractivity contribution >= 4 is 15.9 Å². The lowest BCUT2D eigenvalue weighted by molar-refractivity contribution is -0.274. The van der Waals surface area contributed by atoms with Gasteiger partial charge in [-0.1, -0.05) is 30.3 Å². The van der Waals surface area contributed by atoms with Crippen LogP contribution in [0.5, 0.6) is 17.2 Å². The van der Waals surface area contributed by atoms with Gasteiger partial charge in [-0.15, -0.1) is 13.2 Å². The van der Waals surface area contributed by atoms with E-state index in [1.54, 1.807) is 24.3 Å². The number of aliphatic hydroxyl groups excluding tert-OH is 1. The molecule has 38 heavy (non-hydrogen) atoms. The van der Waals surface area contributed by atoms with E-state index in [0.29, 0.717) is 0 Å². The fourth-order valence-electron chi connectivity index (χ4n) is 3.39. The number of halogens is 3. The first-order valence-electron chi connectivity index (χ1n) is 11.5. The highest BCUT2D eigenvalue weighted by Crippen LogP contribution is 2.28. The van der Waals surface area contributed by atoms with Crippen molar-refractivity contribution in [1.29, 1.82) is 0 Å². The van der Waals surface area contributed by atoms with Crippen molar-refractivity contribution < 1.29 is 45.7 Å². The topological polar surface area (TPSA) is 111 Å². The highest BCUT2D eigenvalue weighted by molar-refractivity contribution is 7.91. The zero-order chi connectivity index (χ0) is 27.6. The van der Waals surface area contributed by atoms with E-state index >= 15 is 0 Å². The van der Waals surface area contributed by atoms with Crippen molar-refractivity contribution in [2.24, 2.45) is 0 Å². The number of benzene rings is 3. The highest BCUT2D eigenvalue weighted by Gasteiger charge is 2.31. The molecule has 0 bridgehead atoms. The molecule has 0 radical (unpaired) electrons. The minimum absolute atomic E-state index is 0.0195. The standard InChI is InChI=1S/C26H26F3NO7S/c27-26(28,29)37-23-10-8-21(9-11-23)36-22-12-14-24(15-13-22)38(33,34)18-20(7-4-16-31)30-25(32)35-17-19-5-2-1-3-6-19/h1-3,5-6,8-15,20,31H,4,7,16-18H2,(H,30,32)/t20-/m0/s1. The predicted octanol–water partition coefficient (Wildman–Crippen LogP) is 5.22. The van der Waals surface area contributed by atoms with Gasteiger partial charge in [-0.3, -0.25) is 0 Å². The molecular formula is C26H26F3NO7S. The van der Waals surface area contributed by atoms with Crippen molar-refractivity contribution in [3.8, 4) is 17.2 Å². The number of alkyl halides is 3. The zero-order valence-electron chi connectivity index (χ0n) is 20.1. The predicted molar refractivity (Wildman–Crippen MR) is 132 cm³/mol. The summed E-state index contributed by atoms with van der Waals surface area (Å²) in [7, 11) is -3.85. The molecule has 0 spiro atoms. The molecule has 1 atom stereocenters. The Morgan fingerprint density at radius 2 is 1.47 bits per heavy atom. The van der Waals surface area contributed by atoms with Crippen LogP contribution in [0.3, 0.4) is 0 Å². The largest absolute Gasteiger partial charge is 0.573 e. The van der Waals surface area contributed by atoms with Gasteiger partial charge in [0.1, 0.15) is 23.9 Å². The molecule has 2 N–H and O–H groups in total.